The van der Waals surface area contributed by atoms with Gasteiger partial charge in [0.2, 0.25) is 5.91 Å². The normalized spacial score (nSPS) is 19.0. The summed E-state index contributed by atoms with van der Waals surface area (Å²) in [6.07, 6.45) is 3.19. The first-order chi connectivity index (χ1) is 10.1. The zero-order valence-corrected chi connectivity index (χ0v) is 12.6. The monoisotopic (exact) mass is 290 g/mol. The molecule has 1 unspecified atom stereocenters. The Kier molecular flexibility index (Phi) is 5.33. The first-order valence-corrected chi connectivity index (χ1v) is 7.27. The predicted molar refractivity (Wildman–Crippen MR) is 79.9 cm³/mol. The van der Waals surface area contributed by atoms with Crippen LogP contribution in [0.25, 0.3) is 0 Å². The molecule has 0 aliphatic carbocycles. The summed E-state index contributed by atoms with van der Waals surface area (Å²) in [6, 6.07) is 7.06. The lowest BCUT2D eigenvalue weighted by Gasteiger charge is -2.31. The number of hydrogen-bond donors (Lipinski definition) is 1. The van der Waals surface area contributed by atoms with Crippen LogP contribution in [0.4, 0.5) is 0 Å². The van der Waals surface area contributed by atoms with Crippen LogP contribution in [0.5, 0.6) is 0 Å². The third-order valence-corrected chi connectivity index (χ3v) is 3.91. The van der Waals surface area contributed by atoms with Crippen molar-refractivity contribution >= 4 is 11.9 Å². The third kappa shape index (κ3) is 4.04. The highest BCUT2D eigenvalue weighted by Gasteiger charge is 2.25. The van der Waals surface area contributed by atoms with Crippen molar-refractivity contribution in [1.82, 2.24) is 10.2 Å². The number of carbonyl (C=O) groups excluding carboxylic acids is 2. The topological polar surface area (TPSA) is 58.6 Å². The maximum Gasteiger partial charge on any atom is 0.337 e. The molecule has 1 aliphatic heterocycles. The van der Waals surface area contributed by atoms with Gasteiger partial charge in [-0.3, -0.25) is 9.69 Å². The molecule has 1 aromatic carbocycles. The number of carbonyl (C=O) groups is 2. The second-order valence-corrected chi connectivity index (χ2v) is 5.40. The van der Waals surface area contributed by atoms with Crippen LogP contribution in [-0.2, 0) is 16.1 Å². The number of amides is 1. The maximum atomic E-state index is 12.2. The number of rotatable bonds is 4. The van der Waals surface area contributed by atoms with E-state index in [0.29, 0.717) is 12.1 Å². The van der Waals surface area contributed by atoms with Crippen LogP contribution >= 0.6 is 0 Å². The molecular weight excluding hydrogens is 268 g/mol. The molecule has 5 heteroatoms. The van der Waals surface area contributed by atoms with E-state index >= 15 is 0 Å². The first-order valence-electron chi connectivity index (χ1n) is 7.27. The number of hydrogen-bond acceptors (Lipinski definition) is 4. The number of nitrogens with zero attached hydrogens (tertiary/aromatic N) is 1. The predicted octanol–water partition coefficient (Wildman–Crippen LogP) is 1.57. The molecule has 1 N–H and O–H groups in total. The molecule has 1 aromatic rings. The lowest BCUT2D eigenvalue weighted by Crippen LogP contribution is -2.47. The highest BCUT2D eigenvalue weighted by molar-refractivity contribution is 5.89. The fraction of sp³-hybridized carbons (Fsp3) is 0.500. The Morgan fingerprint density at radius 3 is 2.62 bits per heavy atom. The minimum absolute atomic E-state index is 0.0203. The molecule has 0 aromatic heterocycles. The summed E-state index contributed by atoms with van der Waals surface area (Å²) in [5.74, 6) is -0.274. The van der Waals surface area contributed by atoms with E-state index in [1.807, 2.05) is 19.2 Å². The molecule has 0 spiro atoms. The van der Waals surface area contributed by atoms with Gasteiger partial charge in [-0.2, -0.15) is 0 Å². The molecule has 5 nitrogen and oxygen atoms in total. The molecular formula is C16H22N2O3. The van der Waals surface area contributed by atoms with Gasteiger partial charge in [-0.05, 0) is 44.1 Å². The largest absolute Gasteiger partial charge is 0.465 e. The summed E-state index contributed by atoms with van der Waals surface area (Å²) in [4.78, 5) is 25.6. The second kappa shape index (κ2) is 7.22. The van der Waals surface area contributed by atoms with E-state index in [1.54, 1.807) is 12.1 Å². The number of methoxy groups -OCH3 is 1. The maximum absolute atomic E-state index is 12.2. The number of esters is 1. The van der Waals surface area contributed by atoms with E-state index in [9.17, 15) is 9.59 Å². The molecule has 0 bridgehead atoms. The Hall–Kier alpha value is -1.88. The summed E-state index contributed by atoms with van der Waals surface area (Å²) in [7, 11) is 3.35. The van der Waals surface area contributed by atoms with Crippen LogP contribution in [0.3, 0.4) is 0 Å². The second-order valence-electron chi connectivity index (χ2n) is 5.40. The van der Waals surface area contributed by atoms with Crippen molar-refractivity contribution in [2.75, 3.05) is 20.7 Å². The Balaban J connectivity index is 1.87. The van der Waals surface area contributed by atoms with Gasteiger partial charge in [0.05, 0.1) is 18.7 Å². The Morgan fingerprint density at radius 2 is 2.00 bits per heavy atom. The summed E-state index contributed by atoms with van der Waals surface area (Å²) in [5, 5.41) is 2.96. The van der Waals surface area contributed by atoms with Gasteiger partial charge in [0.1, 0.15) is 0 Å². The van der Waals surface area contributed by atoms with Crippen molar-refractivity contribution in [2.24, 2.45) is 0 Å². The van der Waals surface area contributed by atoms with Gasteiger partial charge in [0.25, 0.3) is 0 Å². The summed E-state index contributed by atoms with van der Waals surface area (Å²) >= 11 is 0. The van der Waals surface area contributed by atoms with Gasteiger partial charge in [-0.1, -0.05) is 18.6 Å². The zero-order chi connectivity index (χ0) is 15.2. The average molecular weight is 290 g/mol. The lowest BCUT2D eigenvalue weighted by molar-refractivity contribution is -0.127. The Labute approximate surface area is 125 Å². The van der Waals surface area contributed by atoms with Crippen LogP contribution < -0.4 is 5.32 Å². The van der Waals surface area contributed by atoms with Crippen molar-refractivity contribution < 1.29 is 14.3 Å². The summed E-state index contributed by atoms with van der Waals surface area (Å²) in [5.41, 5.74) is 1.48. The highest BCUT2D eigenvalue weighted by Crippen LogP contribution is 2.15. The van der Waals surface area contributed by atoms with E-state index in [0.717, 1.165) is 31.4 Å². The van der Waals surface area contributed by atoms with E-state index in [2.05, 4.69) is 15.0 Å². The smallest absolute Gasteiger partial charge is 0.337 e. The van der Waals surface area contributed by atoms with Gasteiger partial charge in [-0.25, -0.2) is 4.79 Å². The Bertz CT molecular complexity index is 499. The molecule has 21 heavy (non-hydrogen) atoms. The highest BCUT2D eigenvalue weighted by atomic mass is 16.5. The molecule has 1 atom stereocenters. The Morgan fingerprint density at radius 1 is 1.29 bits per heavy atom. The molecule has 1 amide bonds. The minimum Gasteiger partial charge on any atom is -0.465 e. The first kappa shape index (κ1) is 15.5. The number of likely N-dealkylation sites (N-methyl/N-ethyl adjacent to an activating group) is 1. The molecule has 114 valence electrons. The molecule has 1 saturated heterocycles. The van der Waals surface area contributed by atoms with Crippen molar-refractivity contribution in [2.45, 2.75) is 31.8 Å². The van der Waals surface area contributed by atoms with Crippen LogP contribution in [0.1, 0.15) is 35.2 Å². The third-order valence-electron chi connectivity index (χ3n) is 3.91. The number of benzene rings is 1. The summed E-state index contributed by atoms with van der Waals surface area (Å²) in [6.45, 7) is 1.45. The van der Waals surface area contributed by atoms with Crippen molar-refractivity contribution in [3.63, 3.8) is 0 Å². The van der Waals surface area contributed by atoms with E-state index in [1.165, 1.54) is 7.11 Å². The zero-order valence-electron chi connectivity index (χ0n) is 12.6. The van der Waals surface area contributed by atoms with E-state index < -0.39 is 0 Å². The van der Waals surface area contributed by atoms with Gasteiger partial charge in [-0.15, -0.1) is 0 Å². The van der Waals surface area contributed by atoms with Gasteiger partial charge in [0, 0.05) is 6.54 Å². The van der Waals surface area contributed by atoms with Crippen LogP contribution in [0.2, 0.25) is 0 Å². The quantitative estimate of drug-likeness (QED) is 0.855. The fourth-order valence-corrected chi connectivity index (χ4v) is 2.59. The molecule has 0 radical (unpaired) electrons. The van der Waals surface area contributed by atoms with Crippen molar-refractivity contribution in [3.05, 3.63) is 35.4 Å². The van der Waals surface area contributed by atoms with E-state index in [4.69, 9.17) is 0 Å². The standard InChI is InChI=1S/C16H22N2O3/c1-18-10-4-3-5-14(18)15(19)17-11-12-6-8-13(9-7-12)16(20)21-2/h6-9,14H,3-5,10-11H2,1-2H3,(H,17,19). The molecule has 1 heterocycles. The van der Waals surface area contributed by atoms with Crippen LogP contribution in [0.15, 0.2) is 24.3 Å². The lowest BCUT2D eigenvalue weighted by atomic mass is 10.0. The molecule has 1 aliphatic rings. The number of piperidine rings is 1. The molecule has 0 saturated carbocycles. The molecule has 2 rings (SSSR count). The van der Waals surface area contributed by atoms with Gasteiger partial charge >= 0.3 is 5.97 Å². The molecule has 1 fully saturated rings. The van der Waals surface area contributed by atoms with Gasteiger partial charge in [0.15, 0.2) is 0 Å². The average Bonchev–Trinajstić information content (AvgIpc) is 2.52. The SMILES string of the molecule is COC(=O)c1ccc(CNC(=O)C2CCCCN2C)cc1. The van der Waals surface area contributed by atoms with Crippen molar-refractivity contribution in [3.8, 4) is 0 Å². The van der Waals surface area contributed by atoms with Crippen LogP contribution in [0, 0.1) is 0 Å². The number of ether oxygens (including phenoxy) is 1. The number of nitrogens with one attached hydrogen (secondary N) is 1. The van der Waals surface area contributed by atoms with E-state index in [-0.39, 0.29) is 17.9 Å². The minimum atomic E-state index is -0.352. The number of likely N-dealkylation sites (tertiary alicyclic amines) is 1. The van der Waals surface area contributed by atoms with Crippen LogP contribution in [-0.4, -0.2) is 43.5 Å². The van der Waals surface area contributed by atoms with Gasteiger partial charge < -0.3 is 10.1 Å². The summed E-state index contributed by atoms with van der Waals surface area (Å²) < 4.78 is 4.65. The van der Waals surface area contributed by atoms with Crippen molar-refractivity contribution in [1.29, 1.82) is 0 Å². The fourth-order valence-electron chi connectivity index (χ4n) is 2.59.